The Morgan fingerprint density at radius 1 is 1.12 bits per heavy atom. The highest BCUT2D eigenvalue weighted by Crippen LogP contribution is 2.23. The Labute approximate surface area is 156 Å². The van der Waals surface area contributed by atoms with Gasteiger partial charge < -0.3 is 19.9 Å². The van der Waals surface area contributed by atoms with Gasteiger partial charge in [0.2, 0.25) is 0 Å². The minimum absolute atomic E-state index is 0.230. The summed E-state index contributed by atoms with van der Waals surface area (Å²) in [6, 6.07) is 12.0. The van der Waals surface area contributed by atoms with Crippen molar-refractivity contribution in [1.82, 2.24) is 5.32 Å². The maximum atomic E-state index is 12.3. The molecule has 2 N–H and O–H groups in total. The summed E-state index contributed by atoms with van der Waals surface area (Å²) in [6.07, 6.45) is 0.627. The molecule has 2 aromatic rings. The summed E-state index contributed by atoms with van der Waals surface area (Å²) in [5, 5.41) is 11.9. The molecule has 0 bridgehead atoms. The number of aliphatic carboxylic acids is 1. The second-order valence-electron chi connectivity index (χ2n) is 5.41. The molecule has 2 aromatic carbocycles. The minimum Gasteiger partial charge on any atom is -0.493 e. The summed E-state index contributed by atoms with van der Waals surface area (Å²) in [7, 11) is 0. The molecule has 7 heteroatoms. The van der Waals surface area contributed by atoms with E-state index in [4.69, 9.17) is 26.2 Å². The zero-order valence-corrected chi connectivity index (χ0v) is 15.1. The van der Waals surface area contributed by atoms with Crippen LogP contribution in [0.1, 0.15) is 22.8 Å². The third-order valence-electron chi connectivity index (χ3n) is 3.47. The van der Waals surface area contributed by atoms with Gasteiger partial charge in [0, 0.05) is 11.6 Å². The van der Waals surface area contributed by atoms with Crippen LogP contribution in [-0.4, -0.2) is 36.7 Å². The van der Waals surface area contributed by atoms with Crippen molar-refractivity contribution < 1.29 is 24.2 Å². The molecule has 0 aliphatic carbocycles. The summed E-state index contributed by atoms with van der Waals surface area (Å²) in [5.41, 5.74) is 1.43. The molecule has 138 valence electrons. The van der Waals surface area contributed by atoms with E-state index in [2.05, 4.69) is 5.32 Å². The molecule has 26 heavy (non-hydrogen) atoms. The fraction of sp³-hybridized carbons (Fsp3) is 0.263. The fourth-order valence-electron chi connectivity index (χ4n) is 2.27. The Morgan fingerprint density at radius 3 is 2.50 bits per heavy atom. The Bertz CT molecular complexity index is 761. The predicted molar refractivity (Wildman–Crippen MR) is 98.2 cm³/mol. The highest BCUT2D eigenvalue weighted by atomic mass is 35.5. The number of ether oxygens (including phenoxy) is 2. The summed E-state index contributed by atoms with van der Waals surface area (Å²) in [4.78, 5) is 22.8. The van der Waals surface area contributed by atoms with E-state index in [1.807, 2.05) is 19.1 Å². The van der Waals surface area contributed by atoms with E-state index in [-0.39, 0.29) is 12.5 Å². The van der Waals surface area contributed by atoms with Gasteiger partial charge in [-0.05, 0) is 49.2 Å². The number of benzene rings is 2. The number of carboxylic acids is 1. The average Bonchev–Trinajstić information content (AvgIpc) is 2.61. The van der Waals surface area contributed by atoms with Crippen LogP contribution in [0.4, 0.5) is 0 Å². The van der Waals surface area contributed by atoms with Gasteiger partial charge in [-0.3, -0.25) is 4.79 Å². The zero-order chi connectivity index (χ0) is 18.9. The van der Waals surface area contributed by atoms with Crippen LogP contribution >= 0.6 is 11.6 Å². The maximum absolute atomic E-state index is 12.3. The predicted octanol–water partition coefficient (Wildman–Crippen LogP) is 3.17. The van der Waals surface area contributed by atoms with Gasteiger partial charge in [-0.25, -0.2) is 4.79 Å². The van der Waals surface area contributed by atoms with Gasteiger partial charge in [0.25, 0.3) is 5.91 Å². The molecule has 0 heterocycles. The topological polar surface area (TPSA) is 84.9 Å². The van der Waals surface area contributed by atoms with Crippen molar-refractivity contribution in [3.8, 4) is 11.5 Å². The molecule has 0 atom stereocenters. The average molecular weight is 378 g/mol. The monoisotopic (exact) mass is 377 g/mol. The number of carbonyl (C=O) groups excluding carboxylic acids is 1. The van der Waals surface area contributed by atoms with Gasteiger partial charge >= 0.3 is 5.97 Å². The molecule has 0 aliphatic heterocycles. The van der Waals surface area contributed by atoms with Gasteiger partial charge in [-0.15, -0.1) is 0 Å². The van der Waals surface area contributed by atoms with Gasteiger partial charge in [-0.1, -0.05) is 23.7 Å². The molecular formula is C19H20ClNO5. The second-order valence-corrected chi connectivity index (χ2v) is 5.84. The first-order chi connectivity index (χ1) is 12.5. The number of amides is 1. The second kappa shape index (κ2) is 9.68. The van der Waals surface area contributed by atoms with Gasteiger partial charge in [0.15, 0.2) is 6.61 Å². The van der Waals surface area contributed by atoms with Crippen molar-refractivity contribution in [2.45, 2.75) is 13.3 Å². The number of rotatable bonds is 9. The normalized spacial score (nSPS) is 10.2. The molecule has 0 saturated heterocycles. The number of hydrogen-bond acceptors (Lipinski definition) is 4. The fourth-order valence-corrected chi connectivity index (χ4v) is 2.43. The van der Waals surface area contributed by atoms with Crippen molar-refractivity contribution in [2.75, 3.05) is 19.8 Å². The molecule has 0 radical (unpaired) electrons. The van der Waals surface area contributed by atoms with Crippen LogP contribution in [0.25, 0.3) is 0 Å². The quantitative estimate of drug-likeness (QED) is 0.701. The highest BCUT2D eigenvalue weighted by Gasteiger charge is 2.12. The van der Waals surface area contributed by atoms with Crippen LogP contribution in [0, 0.1) is 0 Å². The lowest BCUT2D eigenvalue weighted by Crippen LogP contribution is -2.26. The highest BCUT2D eigenvalue weighted by molar-refractivity contribution is 6.30. The first-order valence-electron chi connectivity index (χ1n) is 8.13. The molecule has 2 rings (SSSR count). The maximum Gasteiger partial charge on any atom is 0.341 e. The third-order valence-corrected chi connectivity index (χ3v) is 3.71. The number of carbonyl (C=O) groups is 2. The summed E-state index contributed by atoms with van der Waals surface area (Å²) in [5.74, 6) is -0.308. The van der Waals surface area contributed by atoms with Crippen molar-refractivity contribution in [1.29, 1.82) is 0 Å². The van der Waals surface area contributed by atoms with E-state index < -0.39 is 5.97 Å². The van der Waals surface area contributed by atoms with Gasteiger partial charge in [0.1, 0.15) is 11.5 Å². The van der Waals surface area contributed by atoms with Crippen molar-refractivity contribution in [3.05, 3.63) is 58.6 Å². The van der Waals surface area contributed by atoms with Crippen molar-refractivity contribution >= 4 is 23.5 Å². The Morgan fingerprint density at radius 2 is 1.85 bits per heavy atom. The van der Waals surface area contributed by atoms with Crippen LogP contribution in [0.3, 0.4) is 0 Å². The molecular weight excluding hydrogens is 358 g/mol. The largest absolute Gasteiger partial charge is 0.493 e. The lowest BCUT2D eigenvalue weighted by atomic mass is 10.1. The van der Waals surface area contributed by atoms with Crippen LogP contribution in [-0.2, 0) is 11.2 Å². The molecule has 6 nitrogen and oxygen atoms in total. The molecule has 0 unspecified atom stereocenters. The number of nitrogens with one attached hydrogen (secondary N) is 1. The summed E-state index contributed by atoms with van der Waals surface area (Å²) >= 11 is 5.94. The minimum atomic E-state index is -1.02. The first kappa shape index (κ1) is 19.6. The SMILES string of the molecule is CCOc1cc(Cl)ccc1C(=O)NCCc1ccc(OCC(=O)O)cc1. The summed E-state index contributed by atoms with van der Waals surface area (Å²) < 4.78 is 10.5. The van der Waals surface area contributed by atoms with Crippen molar-refractivity contribution in [2.24, 2.45) is 0 Å². The van der Waals surface area contributed by atoms with Crippen LogP contribution in [0.5, 0.6) is 11.5 Å². The van der Waals surface area contributed by atoms with E-state index >= 15 is 0 Å². The van der Waals surface area contributed by atoms with Gasteiger partial charge in [-0.2, -0.15) is 0 Å². The smallest absolute Gasteiger partial charge is 0.341 e. The van der Waals surface area contributed by atoms with E-state index in [1.165, 1.54) is 0 Å². The molecule has 0 fully saturated rings. The third kappa shape index (κ3) is 5.97. The van der Waals surface area contributed by atoms with Crippen molar-refractivity contribution in [3.63, 3.8) is 0 Å². The standard InChI is InChI=1S/C19H20ClNO5/c1-2-25-17-11-14(20)5-8-16(17)19(24)21-10-9-13-3-6-15(7-4-13)26-12-18(22)23/h3-8,11H,2,9-10,12H2,1H3,(H,21,24)(H,22,23). The van der Waals surface area contributed by atoms with E-state index in [9.17, 15) is 9.59 Å². The van der Waals surface area contributed by atoms with Gasteiger partial charge in [0.05, 0.1) is 12.2 Å². The number of carboxylic acid groups (broad SMARTS) is 1. The van der Waals surface area contributed by atoms with Crippen LogP contribution in [0.15, 0.2) is 42.5 Å². The van der Waals surface area contributed by atoms with E-state index in [1.54, 1.807) is 30.3 Å². The van der Waals surface area contributed by atoms with Crippen LogP contribution < -0.4 is 14.8 Å². The Hall–Kier alpha value is -2.73. The number of hydrogen-bond donors (Lipinski definition) is 2. The van der Waals surface area contributed by atoms with E-state index in [0.717, 1.165) is 5.56 Å². The zero-order valence-electron chi connectivity index (χ0n) is 14.3. The summed E-state index contributed by atoms with van der Waals surface area (Å²) in [6.45, 7) is 2.35. The Kier molecular flexibility index (Phi) is 7.29. The van der Waals surface area contributed by atoms with Crippen LogP contribution in [0.2, 0.25) is 5.02 Å². The lowest BCUT2D eigenvalue weighted by Gasteiger charge is -2.11. The lowest BCUT2D eigenvalue weighted by molar-refractivity contribution is -0.139. The molecule has 1 amide bonds. The number of halogens is 1. The molecule has 0 aromatic heterocycles. The first-order valence-corrected chi connectivity index (χ1v) is 8.51. The Balaban J connectivity index is 1.87. The molecule has 0 spiro atoms. The van der Waals surface area contributed by atoms with E-state index in [0.29, 0.717) is 41.7 Å². The molecule has 0 saturated carbocycles. The molecule has 0 aliphatic rings.